The summed E-state index contributed by atoms with van der Waals surface area (Å²) in [7, 11) is 0. The van der Waals surface area contributed by atoms with Crippen LogP contribution in [0.25, 0.3) is 0 Å². The van der Waals surface area contributed by atoms with E-state index in [1.807, 2.05) is 0 Å². The minimum absolute atomic E-state index is 0.105. The fourth-order valence-corrected chi connectivity index (χ4v) is 1.31. The molecule has 6 heteroatoms. The van der Waals surface area contributed by atoms with Crippen molar-refractivity contribution < 1.29 is 19.8 Å². The number of rotatable bonds is 7. The maximum Gasteiger partial charge on any atom is 0.225 e. The molecular weight excluding hydrogens is 236 g/mol. The van der Waals surface area contributed by atoms with Crippen molar-refractivity contribution in [2.75, 3.05) is 32.8 Å². The van der Waals surface area contributed by atoms with Crippen molar-refractivity contribution in [2.45, 2.75) is 27.2 Å². The zero-order valence-corrected chi connectivity index (χ0v) is 11.4. The fraction of sp³-hybridized carbons (Fsp3) is 0.833. The van der Waals surface area contributed by atoms with E-state index in [9.17, 15) is 9.59 Å². The van der Waals surface area contributed by atoms with E-state index in [0.717, 1.165) is 0 Å². The molecule has 0 aromatic carbocycles. The molecule has 0 radical (unpaired) electrons. The Morgan fingerprint density at radius 2 is 1.61 bits per heavy atom. The normalized spacial score (nSPS) is 11.2. The zero-order chi connectivity index (χ0) is 14.2. The molecule has 2 amide bonds. The van der Waals surface area contributed by atoms with Gasteiger partial charge in [0.05, 0.1) is 13.2 Å². The topological polar surface area (TPSA) is 89.9 Å². The molecule has 0 aliphatic heterocycles. The van der Waals surface area contributed by atoms with E-state index in [1.165, 1.54) is 4.90 Å². The minimum atomic E-state index is -0.473. The van der Waals surface area contributed by atoms with Crippen molar-refractivity contribution in [3.8, 4) is 0 Å². The van der Waals surface area contributed by atoms with Crippen molar-refractivity contribution in [3.63, 3.8) is 0 Å². The molecule has 0 heterocycles. The number of nitrogens with zero attached hydrogens (tertiary/aromatic N) is 1. The van der Waals surface area contributed by atoms with Gasteiger partial charge in [-0.2, -0.15) is 0 Å². The van der Waals surface area contributed by atoms with Crippen LogP contribution in [0.1, 0.15) is 27.2 Å². The molecule has 0 aliphatic carbocycles. The van der Waals surface area contributed by atoms with Gasteiger partial charge in [0.2, 0.25) is 11.8 Å². The first-order valence-electron chi connectivity index (χ1n) is 6.10. The van der Waals surface area contributed by atoms with E-state index >= 15 is 0 Å². The quantitative estimate of drug-likeness (QED) is 0.567. The van der Waals surface area contributed by atoms with E-state index in [0.29, 0.717) is 0 Å². The van der Waals surface area contributed by atoms with Crippen molar-refractivity contribution in [1.29, 1.82) is 0 Å². The fourth-order valence-electron chi connectivity index (χ4n) is 1.31. The second kappa shape index (κ2) is 8.05. The molecular formula is C12H24N2O4. The van der Waals surface area contributed by atoms with Gasteiger partial charge in [0.25, 0.3) is 0 Å². The molecule has 0 unspecified atom stereocenters. The predicted octanol–water partition coefficient (Wildman–Crippen LogP) is -0.648. The molecule has 3 N–H and O–H groups in total. The molecule has 0 atom stereocenters. The van der Waals surface area contributed by atoms with Gasteiger partial charge in [0.15, 0.2) is 0 Å². The summed E-state index contributed by atoms with van der Waals surface area (Å²) < 4.78 is 0. The Labute approximate surface area is 108 Å². The summed E-state index contributed by atoms with van der Waals surface area (Å²) in [5.74, 6) is -0.293. The minimum Gasteiger partial charge on any atom is -0.395 e. The maximum absolute atomic E-state index is 11.7. The first-order valence-corrected chi connectivity index (χ1v) is 6.10. The third-order valence-electron chi connectivity index (χ3n) is 2.40. The standard InChI is InChI=1S/C12H24N2O4/c1-12(2,3)11(18)13-5-4-10(17)14(6-8-15)7-9-16/h15-16H,4-9H2,1-3H3,(H,13,18). The Morgan fingerprint density at radius 3 is 2.00 bits per heavy atom. The molecule has 0 rings (SSSR count). The predicted molar refractivity (Wildman–Crippen MR) is 67.8 cm³/mol. The van der Waals surface area contributed by atoms with Crippen LogP contribution < -0.4 is 5.32 Å². The molecule has 18 heavy (non-hydrogen) atoms. The summed E-state index contributed by atoms with van der Waals surface area (Å²) in [6.07, 6.45) is 0.168. The van der Waals surface area contributed by atoms with Gasteiger partial charge < -0.3 is 20.4 Å². The number of hydrogen-bond donors (Lipinski definition) is 3. The SMILES string of the molecule is CC(C)(C)C(=O)NCCC(=O)N(CCO)CCO. The van der Waals surface area contributed by atoms with Crippen molar-refractivity contribution in [2.24, 2.45) is 5.41 Å². The van der Waals surface area contributed by atoms with Gasteiger partial charge in [-0.3, -0.25) is 9.59 Å². The Balaban J connectivity index is 4.04. The number of carbonyl (C=O) groups excluding carboxylic acids is 2. The molecule has 0 aromatic heterocycles. The van der Waals surface area contributed by atoms with Crippen molar-refractivity contribution >= 4 is 11.8 Å². The summed E-state index contributed by atoms with van der Waals surface area (Å²) in [4.78, 5) is 24.6. The lowest BCUT2D eigenvalue weighted by molar-refractivity contribution is -0.132. The average molecular weight is 260 g/mol. The summed E-state index contributed by atoms with van der Waals surface area (Å²) in [6.45, 7) is 5.79. The monoisotopic (exact) mass is 260 g/mol. The van der Waals surface area contributed by atoms with E-state index in [2.05, 4.69) is 5.32 Å². The molecule has 0 fully saturated rings. The highest BCUT2D eigenvalue weighted by Crippen LogP contribution is 2.12. The number of amides is 2. The summed E-state index contributed by atoms with van der Waals surface area (Å²) in [6, 6.07) is 0. The summed E-state index contributed by atoms with van der Waals surface area (Å²) >= 11 is 0. The highest BCUT2D eigenvalue weighted by atomic mass is 16.3. The van der Waals surface area contributed by atoms with Crippen LogP contribution in [0.15, 0.2) is 0 Å². The highest BCUT2D eigenvalue weighted by molar-refractivity contribution is 5.82. The Bertz CT molecular complexity index is 268. The summed E-state index contributed by atoms with van der Waals surface area (Å²) in [5, 5.41) is 20.3. The molecule has 6 nitrogen and oxygen atoms in total. The largest absolute Gasteiger partial charge is 0.395 e. The smallest absolute Gasteiger partial charge is 0.225 e. The highest BCUT2D eigenvalue weighted by Gasteiger charge is 2.21. The van der Waals surface area contributed by atoms with Gasteiger partial charge >= 0.3 is 0 Å². The maximum atomic E-state index is 11.7. The van der Waals surface area contributed by atoms with Gasteiger partial charge in [-0.05, 0) is 0 Å². The number of aliphatic hydroxyl groups is 2. The number of nitrogens with one attached hydrogen (secondary N) is 1. The van der Waals surface area contributed by atoms with E-state index in [1.54, 1.807) is 20.8 Å². The van der Waals surface area contributed by atoms with Gasteiger partial charge in [-0.25, -0.2) is 0 Å². The third kappa shape index (κ3) is 6.56. The van der Waals surface area contributed by atoms with Crippen LogP contribution in [0, 0.1) is 5.41 Å². The lowest BCUT2D eigenvalue weighted by Gasteiger charge is -2.21. The molecule has 106 valence electrons. The number of carbonyl (C=O) groups is 2. The lowest BCUT2D eigenvalue weighted by Crippen LogP contribution is -2.40. The van der Waals surface area contributed by atoms with E-state index in [4.69, 9.17) is 10.2 Å². The molecule has 0 bridgehead atoms. The third-order valence-corrected chi connectivity index (χ3v) is 2.40. The summed E-state index contributed by atoms with van der Waals surface area (Å²) in [5.41, 5.74) is -0.473. The van der Waals surface area contributed by atoms with Crippen LogP contribution in [0.5, 0.6) is 0 Å². The van der Waals surface area contributed by atoms with Crippen LogP contribution in [0.4, 0.5) is 0 Å². The van der Waals surface area contributed by atoms with Crippen molar-refractivity contribution in [1.82, 2.24) is 10.2 Å². The number of aliphatic hydroxyl groups excluding tert-OH is 2. The second-order valence-electron chi connectivity index (χ2n) is 5.08. The molecule has 0 saturated heterocycles. The van der Waals surface area contributed by atoms with Gasteiger partial charge in [0.1, 0.15) is 0 Å². The second-order valence-corrected chi connectivity index (χ2v) is 5.08. The van der Waals surface area contributed by atoms with Crippen LogP contribution >= 0.6 is 0 Å². The Hall–Kier alpha value is -1.14. The first-order chi connectivity index (χ1) is 8.32. The Kier molecular flexibility index (Phi) is 7.54. The number of hydrogen-bond acceptors (Lipinski definition) is 4. The molecule has 0 aliphatic rings. The molecule has 0 spiro atoms. The van der Waals surface area contributed by atoms with Crippen LogP contribution in [0.3, 0.4) is 0 Å². The average Bonchev–Trinajstić information content (AvgIpc) is 2.27. The Morgan fingerprint density at radius 1 is 1.11 bits per heavy atom. The zero-order valence-electron chi connectivity index (χ0n) is 11.4. The van der Waals surface area contributed by atoms with Crippen molar-refractivity contribution in [3.05, 3.63) is 0 Å². The first kappa shape index (κ1) is 16.9. The van der Waals surface area contributed by atoms with Gasteiger partial charge in [-0.15, -0.1) is 0 Å². The molecule has 0 saturated carbocycles. The van der Waals surface area contributed by atoms with Crippen LogP contribution in [0.2, 0.25) is 0 Å². The van der Waals surface area contributed by atoms with Gasteiger partial charge in [-0.1, -0.05) is 20.8 Å². The van der Waals surface area contributed by atoms with E-state index in [-0.39, 0.29) is 51.1 Å². The van der Waals surface area contributed by atoms with Crippen LogP contribution in [-0.2, 0) is 9.59 Å². The molecule has 0 aromatic rings. The van der Waals surface area contributed by atoms with E-state index < -0.39 is 5.41 Å². The lowest BCUT2D eigenvalue weighted by atomic mass is 9.96. The van der Waals surface area contributed by atoms with Gasteiger partial charge in [0, 0.05) is 31.5 Å². The van der Waals surface area contributed by atoms with Crippen LogP contribution in [-0.4, -0.2) is 59.8 Å².